The Morgan fingerprint density at radius 1 is 1.15 bits per heavy atom. The number of anilines is 1. The third kappa shape index (κ3) is 8.43. The van der Waals surface area contributed by atoms with Crippen molar-refractivity contribution in [2.75, 3.05) is 25.6 Å². The minimum Gasteiger partial charge on any atom is -0.496 e. The number of rotatable bonds is 12. The summed E-state index contributed by atoms with van der Waals surface area (Å²) in [6, 6.07) is 7.49. The number of nitrogens with one attached hydrogen (secondary N) is 1. The first-order chi connectivity index (χ1) is 18.9. The molecule has 0 saturated heterocycles. The Bertz CT molecular complexity index is 1370. The van der Waals surface area contributed by atoms with Gasteiger partial charge in [-0.3, -0.25) is 10.1 Å². The van der Waals surface area contributed by atoms with E-state index in [1.165, 1.54) is 6.92 Å². The number of carbonyl (C=O) groups is 2. The van der Waals surface area contributed by atoms with Gasteiger partial charge in [-0.1, -0.05) is 32.9 Å². The number of carboxylic acids is 1. The van der Waals surface area contributed by atoms with Crippen LogP contribution in [-0.4, -0.2) is 42.3 Å². The number of aromatic nitrogens is 1. The molecule has 7 nitrogen and oxygen atoms in total. The van der Waals surface area contributed by atoms with E-state index in [-0.39, 0.29) is 21.7 Å². The quantitative estimate of drug-likeness (QED) is 0.176. The summed E-state index contributed by atoms with van der Waals surface area (Å²) in [6.45, 7) is 9.14. The van der Waals surface area contributed by atoms with Crippen molar-refractivity contribution >= 4 is 34.4 Å². The lowest BCUT2D eigenvalue weighted by Gasteiger charge is -2.17. The Kier molecular flexibility index (Phi) is 10.5. The largest absolute Gasteiger partial charge is 0.496 e. The normalized spacial score (nSPS) is 11.9. The smallest absolute Gasteiger partial charge is 0.331 e. The molecule has 0 atom stereocenters. The number of hydrogen-bond acceptors (Lipinski definition) is 6. The fourth-order valence-electron chi connectivity index (χ4n) is 3.83. The molecule has 3 rings (SSSR count). The highest BCUT2D eigenvalue weighted by Gasteiger charge is 2.18. The molecule has 0 bridgehead atoms. The van der Waals surface area contributed by atoms with Gasteiger partial charge in [0.15, 0.2) is 5.13 Å². The van der Waals surface area contributed by atoms with Crippen molar-refractivity contribution in [2.45, 2.75) is 47.0 Å². The molecule has 10 heteroatoms. The lowest BCUT2D eigenvalue weighted by molar-refractivity contribution is -0.132. The number of thiazole rings is 1. The monoisotopic (exact) mass is 572 g/mol. The van der Waals surface area contributed by atoms with E-state index < -0.39 is 29.1 Å². The number of carboxylic acid groups (broad SMARTS) is 1. The van der Waals surface area contributed by atoms with Crippen LogP contribution in [-0.2, 0) is 16.0 Å². The highest BCUT2D eigenvalue weighted by Crippen LogP contribution is 2.35. The van der Waals surface area contributed by atoms with Crippen molar-refractivity contribution in [1.29, 1.82) is 0 Å². The minimum absolute atomic E-state index is 0.237. The number of ether oxygens (including phenoxy) is 2. The van der Waals surface area contributed by atoms with Crippen molar-refractivity contribution in [1.82, 2.24) is 4.98 Å². The summed E-state index contributed by atoms with van der Waals surface area (Å²) >= 11 is 1.16. The van der Waals surface area contributed by atoms with Crippen LogP contribution >= 0.6 is 11.3 Å². The maximum atomic E-state index is 14.5. The number of amides is 1. The summed E-state index contributed by atoms with van der Waals surface area (Å²) < 4.78 is 40.5. The van der Waals surface area contributed by atoms with Crippen LogP contribution in [0.1, 0.15) is 62.0 Å². The number of hydrogen-bond donors (Lipinski definition) is 2. The number of methoxy groups -OCH3 is 1. The molecule has 0 aliphatic rings. The van der Waals surface area contributed by atoms with Crippen LogP contribution in [0.15, 0.2) is 41.3 Å². The standard InChI is InChI=1S/C30H34F2N2O5S/c1-18(28(36)37)14-22-23(31)15-20(16-24(22)32)27(35)34-29-33-25(17-40-29)21-10-6-8-19(26(21)38-5)9-7-12-39-13-11-30(2,3)4/h6,8,10,14-17H,7,9,11-13H2,1-5H3,(H,36,37)(H,33,34,35)/b18-14+. The summed E-state index contributed by atoms with van der Waals surface area (Å²) in [5, 5.41) is 13.5. The molecule has 3 aromatic rings. The molecule has 1 heterocycles. The van der Waals surface area contributed by atoms with Gasteiger partial charge in [-0.05, 0) is 61.4 Å². The molecule has 2 aromatic carbocycles. The molecular formula is C30H34F2N2O5S. The van der Waals surface area contributed by atoms with Gasteiger partial charge in [0.05, 0.1) is 12.8 Å². The molecule has 0 fully saturated rings. The first-order valence-corrected chi connectivity index (χ1v) is 13.7. The third-order valence-electron chi connectivity index (χ3n) is 6.07. The van der Waals surface area contributed by atoms with Gasteiger partial charge in [0.25, 0.3) is 5.91 Å². The lowest BCUT2D eigenvalue weighted by Crippen LogP contribution is -2.13. The number of carbonyl (C=O) groups excluding carboxylic acids is 1. The number of nitrogens with zero attached hydrogens (tertiary/aromatic N) is 1. The molecule has 0 spiro atoms. The van der Waals surface area contributed by atoms with Crippen LogP contribution in [0.2, 0.25) is 0 Å². The molecule has 214 valence electrons. The van der Waals surface area contributed by atoms with Gasteiger partial charge >= 0.3 is 5.97 Å². The predicted molar refractivity (Wildman–Crippen MR) is 153 cm³/mol. The van der Waals surface area contributed by atoms with E-state index in [1.807, 2.05) is 18.2 Å². The first kappa shape index (κ1) is 30.9. The van der Waals surface area contributed by atoms with Crippen LogP contribution in [0, 0.1) is 17.0 Å². The van der Waals surface area contributed by atoms with E-state index in [2.05, 4.69) is 31.1 Å². The summed E-state index contributed by atoms with van der Waals surface area (Å²) in [7, 11) is 1.59. The Hall–Kier alpha value is -3.63. The van der Waals surface area contributed by atoms with E-state index in [4.69, 9.17) is 14.6 Å². The second-order valence-electron chi connectivity index (χ2n) is 10.5. The Balaban J connectivity index is 1.69. The van der Waals surface area contributed by atoms with Crippen molar-refractivity contribution in [2.24, 2.45) is 5.41 Å². The summed E-state index contributed by atoms with van der Waals surface area (Å²) in [5.41, 5.74) is 1.55. The minimum atomic E-state index is -1.30. The second-order valence-corrected chi connectivity index (χ2v) is 11.4. The van der Waals surface area contributed by atoms with Crippen molar-refractivity contribution in [3.05, 3.63) is 69.6 Å². The Labute approximate surface area is 236 Å². The van der Waals surface area contributed by atoms with Gasteiger partial charge in [0, 0.05) is 40.9 Å². The van der Waals surface area contributed by atoms with Crippen LogP contribution in [0.4, 0.5) is 13.9 Å². The molecular weight excluding hydrogens is 538 g/mol. The highest BCUT2D eigenvalue weighted by molar-refractivity contribution is 7.14. The molecule has 1 amide bonds. The van der Waals surface area contributed by atoms with E-state index in [0.717, 1.165) is 66.5 Å². The van der Waals surface area contributed by atoms with Crippen LogP contribution in [0.25, 0.3) is 17.3 Å². The molecule has 1 aromatic heterocycles. The fourth-order valence-corrected chi connectivity index (χ4v) is 4.53. The zero-order chi connectivity index (χ0) is 29.4. The number of aryl methyl sites for hydroxylation is 1. The molecule has 0 aliphatic carbocycles. The van der Waals surface area contributed by atoms with Crippen molar-refractivity contribution < 1.29 is 33.0 Å². The SMILES string of the molecule is COc1c(CCCOCCC(C)(C)C)cccc1-c1csc(NC(=O)c2cc(F)c(/C=C(\C)C(=O)O)c(F)c2)n1. The van der Waals surface area contributed by atoms with Gasteiger partial charge in [0.2, 0.25) is 0 Å². The summed E-state index contributed by atoms with van der Waals surface area (Å²) in [5.74, 6) is -3.47. The Morgan fingerprint density at radius 3 is 2.48 bits per heavy atom. The Morgan fingerprint density at radius 2 is 1.85 bits per heavy atom. The predicted octanol–water partition coefficient (Wildman–Crippen LogP) is 7.22. The molecule has 0 aliphatic heterocycles. The average molecular weight is 573 g/mol. The molecule has 40 heavy (non-hydrogen) atoms. The summed E-state index contributed by atoms with van der Waals surface area (Å²) in [4.78, 5) is 28.2. The van der Waals surface area contributed by atoms with E-state index >= 15 is 0 Å². The highest BCUT2D eigenvalue weighted by atomic mass is 32.1. The third-order valence-corrected chi connectivity index (χ3v) is 6.83. The number of aliphatic carboxylic acids is 1. The zero-order valence-corrected chi connectivity index (χ0v) is 24.1. The maximum absolute atomic E-state index is 14.5. The van der Waals surface area contributed by atoms with Crippen LogP contribution in [0.3, 0.4) is 0 Å². The van der Waals surface area contributed by atoms with E-state index in [9.17, 15) is 18.4 Å². The van der Waals surface area contributed by atoms with Gasteiger partial charge in [-0.2, -0.15) is 0 Å². The number of halogens is 2. The molecule has 0 saturated carbocycles. The molecule has 0 unspecified atom stereocenters. The van der Waals surface area contributed by atoms with Crippen molar-refractivity contribution in [3.63, 3.8) is 0 Å². The number of benzene rings is 2. The van der Waals surface area contributed by atoms with Crippen LogP contribution < -0.4 is 10.1 Å². The molecule has 2 N–H and O–H groups in total. The topological polar surface area (TPSA) is 97.8 Å². The first-order valence-electron chi connectivity index (χ1n) is 12.8. The van der Waals surface area contributed by atoms with E-state index in [1.54, 1.807) is 12.5 Å². The van der Waals surface area contributed by atoms with Gasteiger partial charge in [0.1, 0.15) is 17.4 Å². The fraction of sp³-hybridized carbons (Fsp3) is 0.367. The summed E-state index contributed by atoms with van der Waals surface area (Å²) in [6.07, 6.45) is 3.46. The van der Waals surface area contributed by atoms with Gasteiger partial charge in [-0.15, -0.1) is 11.3 Å². The number of para-hydroxylation sites is 1. The average Bonchev–Trinajstić information content (AvgIpc) is 3.35. The van der Waals surface area contributed by atoms with E-state index in [0.29, 0.717) is 18.1 Å². The van der Waals surface area contributed by atoms with Crippen molar-refractivity contribution in [3.8, 4) is 17.0 Å². The lowest BCUT2D eigenvalue weighted by atomic mass is 9.93. The second kappa shape index (κ2) is 13.6. The van der Waals surface area contributed by atoms with Gasteiger partial charge in [-0.25, -0.2) is 18.6 Å². The maximum Gasteiger partial charge on any atom is 0.331 e. The zero-order valence-electron chi connectivity index (χ0n) is 23.3. The van der Waals surface area contributed by atoms with Gasteiger partial charge < -0.3 is 14.6 Å². The van der Waals surface area contributed by atoms with Crippen LogP contribution in [0.5, 0.6) is 5.75 Å². The molecule has 0 radical (unpaired) electrons.